The smallest absolute Gasteiger partial charge is 0.262 e. The van der Waals surface area contributed by atoms with Gasteiger partial charge < -0.3 is 10.1 Å². The van der Waals surface area contributed by atoms with Gasteiger partial charge in [0.25, 0.3) is 15.9 Å². The van der Waals surface area contributed by atoms with Crippen molar-refractivity contribution >= 4 is 27.3 Å². The maximum atomic E-state index is 13.5. The Labute approximate surface area is 174 Å². The molecule has 0 aromatic heterocycles. The second kappa shape index (κ2) is 8.96. The summed E-state index contributed by atoms with van der Waals surface area (Å²) < 4.78 is 46.3. The number of rotatable bonds is 7. The number of benzene rings is 3. The van der Waals surface area contributed by atoms with E-state index in [1.807, 2.05) is 19.9 Å². The van der Waals surface area contributed by atoms with Crippen LogP contribution in [0, 0.1) is 19.7 Å². The van der Waals surface area contributed by atoms with Crippen LogP contribution >= 0.6 is 0 Å². The van der Waals surface area contributed by atoms with Crippen molar-refractivity contribution in [3.05, 3.63) is 83.7 Å². The molecule has 3 rings (SSSR count). The van der Waals surface area contributed by atoms with Crippen molar-refractivity contribution in [2.75, 3.05) is 16.6 Å². The van der Waals surface area contributed by atoms with Gasteiger partial charge in [-0.1, -0.05) is 18.2 Å². The van der Waals surface area contributed by atoms with E-state index < -0.39 is 21.7 Å². The van der Waals surface area contributed by atoms with Crippen LogP contribution in [0.5, 0.6) is 5.75 Å². The largest absolute Gasteiger partial charge is 0.481 e. The summed E-state index contributed by atoms with van der Waals surface area (Å²) in [6.45, 7) is 3.47. The molecular weight excluding hydrogens is 407 g/mol. The molecule has 0 aliphatic heterocycles. The molecule has 3 aromatic carbocycles. The zero-order valence-electron chi connectivity index (χ0n) is 16.5. The summed E-state index contributed by atoms with van der Waals surface area (Å²) in [7, 11) is -3.77. The molecule has 30 heavy (non-hydrogen) atoms. The lowest BCUT2D eigenvalue weighted by Gasteiger charge is -2.11. The minimum Gasteiger partial charge on any atom is -0.481 e. The monoisotopic (exact) mass is 428 g/mol. The highest BCUT2D eigenvalue weighted by Crippen LogP contribution is 2.20. The van der Waals surface area contributed by atoms with Gasteiger partial charge in [0.05, 0.1) is 4.90 Å². The Morgan fingerprint density at radius 1 is 0.933 bits per heavy atom. The van der Waals surface area contributed by atoms with Crippen LogP contribution in [0.25, 0.3) is 0 Å². The lowest BCUT2D eigenvalue weighted by molar-refractivity contribution is -0.118. The molecule has 1 amide bonds. The van der Waals surface area contributed by atoms with Crippen molar-refractivity contribution in [2.45, 2.75) is 18.7 Å². The zero-order chi connectivity index (χ0) is 21.7. The summed E-state index contributed by atoms with van der Waals surface area (Å²) >= 11 is 0. The summed E-state index contributed by atoms with van der Waals surface area (Å²) in [6.07, 6.45) is 0. The summed E-state index contributed by atoms with van der Waals surface area (Å²) in [5.74, 6) is -1.08. The number of hydrogen-bond donors (Lipinski definition) is 2. The predicted octanol–water partition coefficient (Wildman–Crippen LogP) is 4.26. The zero-order valence-corrected chi connectivity index (χ0v) is 17.3. The Hall–Kier alpha value is -3.39. The van der Waals surface area contributed by atoms with Gasteiger partial charge in [-0.15, -0.1) is 0 Å². The second-order valence-electron chi connectivity index (χ2n) is 6.70. The van der Waals surface area contributed by atoms with Gasteiger partial charge in [0, 0.05) is 11.4 Å². The summed E-state index contributed by atoms with van der Waals surface area (Å²) in [5.41, 5.74) is 2.91. The third-order valence-electron chi connectivity index (χ3n) is 4.40. The first-order valence-electron chi connectivity index (χ1n) is 9.12. The van der Waals surface area contributed by atoms with Crippen LogP contribution in [0.2, 0.25) is 0 Å². The maximum absolute atomic E-state index is 13.5. The number of anilines is 2. The van der Waals surface area contributed by atoms with Crippen molar-refractivity contribution in [2.24, 2.45) is 0 Å². The number of para-hydroxylation sites is 1. The molecule has 0 saturated carbocycles. The molecule has 0 saturated heterocycles. The minimum atomic E-state index is -3.77. The number of ether oxygens (including phenoxy) is 1. The topological polar surface area (TPSA) is 84.5 Å². The molecule has 0 atom stereocenters. The van der Waals surface area contributed by atoms with Gasteiger partial charge in [0.2, 0.25) is 0 Å². The molecule has 2 N–H and O–H groups in total. The normalized spacial score (nSPS) is 11.0. The van der Waals surface area contributed by atoms with Crippen molar-refractivity contribution in [3.63, 3.8) is 0 Å². The molecule has 0 spiro atoms. The van der Waals surface area contributed by atoms with Gasteiger partial charge >= 0.3 is 0 Å². The number of carbonyl (C=O) groups excluding carboxylic acids is 1. The fraction of sp³-hybridized carbons (Fsp3) is 0.136. The van der Waals surface area contributed by atoms with E-state index in [1.54, 1.807) is 18.2 Å². The Morgan fingerprint density at radius 3 is 2.27 bits per heavy atom. The maximum Gasteiger partial charge on any atom is 0.262 e. The van der Waals surface area contributed by atoms with Crippen LogP contribution in [0.1, 0.15) is 11.1 Å². The molecule has 156 valence electrons. The highest BCUT2D eigenvalue weighted by molar-refractivity contribution is 7.92. The van der Waals surface area contributed by atoms with E-state index in [1.165, 1.54) is 42.5 Å². The SMILES string of the molecule is Cc1ccc(NS(=O)(=O)c2ccc(NC(=O)COc3ccccc3F)cc2)cc1C. The number of aryl methyl sites for hydroxylation is 2. The quantitative estimate of drug-likeness (QED) is 0.589. The van der Waals surface area contributed by atoms with E-state index in [4.69, 9.17) is 4.74 Å². The molecule has 6 nitrogen and oxygen atoms in total. The van der Waals surface area contributed by atoms with Crippen molar-refractivity contribution in [3.8, 4) is 5.75 Å². The molecule has 0 fully saturated rings. The molecule has 0 aliphatic carbocycles. The fourth-order valence-corrected chi connectivity index (χ4v) is 3.69. The van der Waals surface area contributed by atoms with Gasteiger partial charge in [-0.05, 0) is 73.5 Å². The number of sulfonamides is 1. The summed E-state index contributed by atoms with van der Waals surface area (Å²) in [5, 5.41) is 2.57. The van der Waals surface area contributed by atoms with Gasteiger partial charge in [0.1, 0.15) is 0 Å². The van der Waals surface area contributed by atoms with Crippen molar-refractivity contribution in [1.29, 1.82) is 0 Å². The number of carbonyl (C=O) groups is 1. The highest BCUT2D eigenvalue weighted by atomic mass is 32.2. The first-order valence-corrected chi connectivity index (χ1v) is 10.6. The predicted molar refractivity (Wildman–Crippen MR) is 114 cm³/mol. The number of halogens is 1. The second-order valence-corrected chi connectivity index (χ2v) is 8.38. The molecular formula is C22H21FN2O4S. The van der Waals surface area contributed by atoms with E-state index in [0.717, 1.165) is 11.1 Å². The van der Waals surface area contributed by atoms with Gasteiger partial charge in [-0.25, -0.2) is 12.8 Å². The first kappa shape index (κ1) is 21.3. The molecule has 0 heterocycles. The van der Waals surface area contributed by atoms with Crippen LogP contribution in [0.15, 0.2) is 71.6 Å². The van der Waals surface area contributed by atoms with E-state index in [0.29, 0.717) is 11.4 Å². The summed E-state index contributed by atoms with van der Waals surface area (Å²) in [6, 6.07) is 16.8. The van der Waals surface area contributed by atoms with E-state index >= 15 is 0 Å². The lowest BCUT2D eigenvalue weighted by atomic mass is 10.1. The van der Waals surface area contributed by atoms with Gasteiger partial charge in [-0.3, -0.25) is 9.52 Å². The minimum absolute atomic E-state index is 0.0218. The molecule has 0 radical (unpaired) electrons. The number of amides is 1. The average molecular weight is 428 g/mol. The summed E-state index contributed by atoms with van der Waals surface area (Å²) in [4.78, 5) is 12.0. The Balaban J connectivity index is 1.61. The molecule has 8 heteroatoms. The Kier molecular flexibility index (Phi) is 6.37. The molecule has 0 bridgehead atoms. The highest BCUT2D eigenvalue weighted by Gasteiger charge is 2.15. The fourth-order valence-electron chi connectivity index (χ4n) is 2.64. The molecule has 3 aromatic rings. The van der Waals surface area contributed by atoms with Crippen LogP contribution in [0.3, 0.4) is 0 Å². The van der Waals surface area contributed by atoms with Crippen LogP contribution in [0.4, 0.5) is 15.8 Å². The molecule has 0 aliphatic rings. The Bertz CT molecular complexity index is 1160. The van der Waals surface area contributed by atoms with Crippen LogP contribution in [-0.2, 0) is 14.8 Å². The van der Waals surface area contributed by atoms with E-state index in [-0.39, 0.29) is 17.3 Å². The van der Waals surface area contributed by atoms with Crippen molar-refractivity contribution < 1.29 is 22.3 Å². The van der Waals surface area contributed by atoms with Crippen LogP contribution in [-0.4, -0.2) is 20.9 Å². The van der Waals surface area contributed by atoms with Gasteiger partial charge in [-0.2, -0.15) is 0 Å². The number of nitrogens with one attached hydrogen (secondary N) is 2. The third-order valence-corrected chi connectivity index (χ3v) is 5.80. The van der Waals surface area contributed by atoms with E-state index in [2.05, 4.69) is 10.0 Å². The molecule has 0 unspecified atom stereocenters. The van der Waals surface area contributed by atoms with Gasteiger partial charge in [0.15, 0.2) is 18.2 Å². The first-order chi connectivity index (χ1) is 14.2. The third kappa shape index (κ3) is 5.36. The average Bonchev–Trinajstić information content (AvgIpc) is 2.70. The standard InChI is InChI=1S/C22H21FN2O4S/c1-15-7-8-18(13-16(15)2)25-30(27,28)19-11-9-17(10-12-19)24-22(26)14-29-21-6-4-3-5-20(21)23/h3-13,25H,14H2,1-2H3,(H,24,26). The van der Waals surface area contributed by atoms with E-state index in [9.17, 15) is 17.6 Å². The van der Waals surface area contributed by atoms with Crippen molar-refractivity contribution in [1.82, 2.24) is 0 Å². The Morgan fingerprint density at radius 2 is 1.60 bits per heavy atom. The lowest BCUT2D eigenvalue weighted by Crippen LogP contribution is -2.20. The number of hydrogen-bond acceptors (Lipinski definition) is 4. The van der Waals surface area contributed by atoms with Crippen LogP contribution < -0.4 is 14.8 Å².